The molecule has 3 aromatic rings. The number of hydrogen-bond donors (Lipinski definition) is 0. The first-order chi connectivity index (χ1) is 13.1. The van der Waals surface area contributed by atoms with Gasteiger partial charge in [0.15, 0.2) is 0 Å². The number of benzene rings is 2. The summed E-state index contributed by atoms with van der Waals surface area (Å²) in [5.41, 5.74) is 3.58. The van der Waals surface area contributed by atoms with Crippen LogP contribution in [0.4, 0.5) is 10.1 Å². The number of halogens is 1. The maximum absolute atomic E-state index is 13.3. The fourth-order valence-corrected chi connectivity index (χ4v) is 2.93. The van der Waals surface area contributed by atoms with Crippen molar-refractivity contribution in [3.05, 3.63) is 101 Å². The van der Waals surface area contributed by atoms with E-state index in [-0.39, 0.29) is 11.7 Å². The fraction of sp³-hybridized carbons (Fsp3) is 0.0455. The lowest BCUT2D eigenvalue weighted by molar-refractivity contribution is -0.113. The average Bonchev–Trinajstić information content (AvgIpc) is 2.99. The number of amides is 1. The van der Waals surface area contributed by atoms with Gasteiger partial charge in [0.1, 0.15) is 17.3 Å². The second-order valence-electron chi connectivity index (χ2n) is 6.23. The topological polar surface area (TPSA) is 45.6 Å². The Morgan fingerprint density at radius 1 is 1.00 bits per heavy atom. The molecule has 1 amide bonds. The van der Waals surface area contributed by atoms with Gasteiger partial charge in [-0.05, 0) is 72.7 Å². The summed E-state index contributed by atoms with van der Waals surface area (Å²) in [5.74, 6) is -0.0824. The molecule has 0 unspecified atom stereocenters. The molecule has 1 aliphatic heterocycles. The number of nitrogens with zero attached hydrogens (tertiary/aromatic N) is 3. The van der Waals surface area contributed by atoms with E-state index in [2.05, 4.69) is 9.98 Å². The highest BCUT2D eigenvalue weighted by atomic mass is 19.1. The van der Waals surface area contributed by atoms with Crippen LogP contribution < -0.4 is 4.90 Å². The summed E-state index contributed by atoms with van der Waals surface area (Å²) in [5, 5.41) is 0. The van der Waals surface area contributed by atoms with Crippen LogP contribution in [0.3, 0.4) is 0 Å². The number of amidine groups is 1. The third-order valence-electron chi connectivity index (χ3n) is 4.23. The Balaban J connectivity index is 1.84. The largest absolute Gasteiger partial charge is 0.282 e. The Hall–Kier alpha value is -3.60. The lowest BCUT2D eigenvalue weighted by Gasteiger charge is -2.19. The van der Waals surface area contributed by atoms with Gasteiger partial charge in [-0.15, -0.1) is 0 Å². The van der Waals surface area contributed by atoms with Gasteiger partial charge in [0.05, 0.1) is 5.69 Å². The van der Waals surface area contributed by atoms with E-state index in [0.717, 1.165) is 16.8 Å². The minimum Gasteiger partial charge on any atom is -0.266 e. The number of pyridine rings is 1. The SMILES string of the molecule is Cc1cccc(N2C(=O)/C(=C\c3ccncc3)N=C2c2ccc(F)cc2)c1. The zero-order chi connectivity index (χ0) is 18.8. The average molecular weight is 357 g/mol. The molecule has 0 aliphatic carbocycles. The Bertz CT molecular complexity index is 1060. The summed E-state index contributed by atoms with van der Waals surface area (Å²) in [6.45, 7) is 1.96. The number of aromatic nitrogens is 1. The summed E-state index contributed by atoms with van der Waals surface area (Å²) < 4.78 is 13.3. The standard InChI is InChI=1S/C22H16FN3O/c1-15-3-2-4-19(13-15)26-21(17-5-7-18(23)8-6-17)25-20(22(26)27)14-16-9-11-24-12-10-16/h2-14H,1H3/b20-14+. The number of rotatable bonds is 3. The van der Waals surface area contributed by atoms with Gasteiger partial charge in [-0.1, -0.05) is 12.1 Å². The Kier molecular flexibility index (Phi) is 4.34. The second kappa shape index (κ2) is 6.96. The lowest BCUT2D eigenvalue weighted by Crippen LogP contribution is -2.32. The number of carbonyl (C=O) groups is 1. The van der Waals surface area contributed by atoms with E-state index in [1.807, 2.05) is 43.3 Å². The highest BCUT2D eigenvalue weighted by Crippen LogP contribution is 2.28. The van der Waals surface area contributed by atoms with Crippen LogP contribution in [-0.2, 0) is 4.79 Å². The van der Waals surface area contributed by atoms with E-state index in [1.54, 1.807) is 35.5 Å². The van der Waals surface area contributed by atoms with Crippen LogP contribution in [0.2, 0.25) is 0 Å². The maximum Gasteiger partial charge on any atom is 0.282 e. The van der Waals surface area contributed by atoms with Crippen LogP contribution in [0.25, 0.3) is 6.08 Å². The Morgan fingerprint density at radius 2 is 1.74 bits per heavy atom. The Labute approximate surface area is 156 Å². The molecule has 0 saturated heterocycles. The molecule has 2 aromatic carbocycles. The van der Waals surface area contributed by atoms with Crippen LogP contribution >= 0.6 is 0 Å². The Morgan fingerprint density at radius 3 is 2.44 bits per heavy atom. The molecule has 0 spiro atoms. The first kappa shape index (κ1) is 16.8. The van der Waals surface area contributed by atoms with Crippen LogP contribution in [0, 0.1) is 12.7 Å². The number of aryl methyl sites for hydroxylation is 1. The van der Waals surface area contributed by atoms with Gasteiger partial charge in [-0.25, -0.2) is 9.38 Å². The van der Waals surface area contributed by atoms with Crippen molar-refractivity contribution >= 4 is 23.5 Å². The van der Waals surface area contributed by atoms with Crippen LogP contribution in [-0.4, -0.2) is 16.7 Å². The van der Waals surface area contributed by atoms with Gasteiger partial charge in [-0.2, -0.15) is 0 Å². The van der Waals surface area contributed by atoms with Crippen LogP contribution in [0.1, 0.15) is 16.7 Å². The lowest BCUT2D eigenvalue weighted by atomic mass is 10.1. The molecule has 132 valence electrons. The number of carbonyl (C=O) groups excluding carboxylic acids is 1. The number of aliphatic imine (C=N–C) groups is 1. The van der Waals surface area contributed by atoms with Crippen molar-refractivity contribution in [2.24, 2.45) is 4.99 Å². The molecule has 27 heavy (non-hydrogen) atoms. The minimum atomic E-state index is -0.335. The third kappa shape index (κ3) is 3.40. The molecular weight excluding hydrogens is 341 g/mol. The molecular formula is C22H16FN3O. The van der Waals surface area contributed by atoms with E-state index in [1.165, 1.54) is 12.1 Å². The van der Waals surface area contributed by atoms with E-state index < -0.39 is 0 Å². The van der Waals surface area contributed by atoms with Crippen molar-refractivity contribution in [3.63, 3.8) is 0 Å². The number of anilines is 1. The van der Waals surface area contributed by atoms with Crippen molar-refractivity contribution in [3.8, 4) is 0 Å². The molecule has 1 aromatic heterocycles. The predicted octanol–water partition coefficient (Wildman–Crippen LogP) is 4.36. The molecule has 0 N–H and O–H groups in total. The highest BCUT2D eigenvalue weighted by Gasteiger charge is 2.32. The van der Waals surface area contributed by atoms with Crippen molar-refractivity contribution in [1.29, 1.82) is 0 Å². The van der Waals surface area contributed by atoms with E-state index in [9.17, 15) is 9.18 Å². The molecule has 1 aliphatic rings. The van der Waals surface area contributed by atoms with Crippen LogP contribution in [0.15, 0.2) is 83.7 Å². The first-order valence-electron chi connectivity index (χ1n) is 8.49. The molecule has 4 rings (SSSR count). The molecule has 0 bridgehead atoms. The smallest absolute Gasteiger partial charge is 0.266 e. The number of hydrogen-bond acceptors (Lipinski definition) is 3. The molecule has 0 fully saturated rings. The molecule has 2 heterocycles. The van der Waals surface area contributed by atoms with Gasteiger partial charge in [0.25, 0.3) is 5.91 Å². The van der Waals surface area contributed by atoms with Gasteiger partial charge in [0.2, 0.25) is 0 Å². The normalized spacial score (nSPS) is 15.3. The van der Waals surface area contributed by atoms with Crippen molar-refractivity contribution in [2.75, 3.05) is 4.90 Å². The summed E-state index contributed by atoms with van der Waals surface area (Å²) in [7, 11) is 0. The van der Waals surface area contributed by atoms with Gasteiger partial charge in [0, 0.05) is 18.0 Å². The molecule has 0 atom stereocenters. The van der Waals surface area contributed by atoms with Gasteiger partial charge < -0.3 is 0 Å². The molecule has 0 saturated carbocycles. The zero-order valence-corrected chi connectivity index (χ0v) is 14.6. The van der Waals surface area contributed by atoms with Gasteiger partial charge >= 0.3 is 0 Å². The van der Waals surface area contributed by atoms with Crippen molar-refractivity contribution in [2.45, 2.75) is 6.92 Å². The van der Waals surface area contributed by atoms with E-state index in [4.69, 9.17) is 0 Å². The second-order valence-corrected chi connectivity index (χ2v) is 6.23. The zero-order valence-electron chi connectivity index (χ0n) is 14.6. The van der Waals surface area contributed by atoms with E-state index >= 15 is 0 Å². The molecule has 4 nitrogen and oxygen atoms in total. The summed E-state index contributed by atoms with van der Waals surface area (Å²) in [6.07, 6.45) is 5.05. The quantitative estimate of drug-likeness (QED) is 0.654. The molecule has 0 radical (unpaired) electrons. The monoisotopic (exact) mass is 357 g/mol. The third-order valence-corrected chi connectivity index (χ3v) is 4.23. The van der Waals surface area contributed by atoms with Gasteiger partial charge in [-0.3, -0.25) is 14.7 Å². The van der Waals surface area contributed by atoms with Crippen LogP contribution in [0.5, 0.6) is 0 Å². The minimum absolute atomic E-state index is 0.225. The summed E-state index contributed by atoms with van der Waals surface area (Å²) >= 11 is 0. The van der Waals surface area contributed by atoms with E-state index in [0.29, 0.717) is 17.1 Å². The predicted molar refractivity (Wildman–Crippen MR) is 104 cm³/mol. The summed E-state index contributed by atoms with van der Waals surface area (Å²) in [6, 6.07) is 17.2. The first-order valence-corrected chi connectivity index (χ1v) is 8.49. The maximum atomic E-state index is 13.3. The highest BCUT2D eigenvalue weighted by molar-refractivity contribution is 6.33. The summed E-state index contributed by atoms with van der Waals surface area (Å²) in [4.78, 5) is 23.2. The van der Waals surface area contributed by atoms with Crippen molar-refractivity contribution in [1.82, 2.24) is 4.98 Å². The molecule has 5 heteroatoms. The fourth-order valence-electron chi connectivity index (χ4n) is 2.93. The van der Waals surface area contributed by atoms with Crippen molar-refractivity contribution < 1.29 is 9.18 Å².